The fraction of sp³-hybridized carbons (Fsp3) is 0.250. The molecule has 178 valence electrons. The molecule has 0 bridgehead atoms. The van der Waals surface area contributed by atoms with Gasteiger partial charge in [-0.15, -0.1) is 0 Å². The van der Waals surface area contributed by atoms with Gasteiger partial charge in [0.05, 0.1) is 28.6 Å². The van der Waals surface area contributed by atoms with Crippen LogP contribution in [0.5, 0.6) is 0 Å². The monoisotopic (exact) mass is 473 g/mol. The van der Waals surface area contributed by atoms with E-state index in [1.807, 2.05) is 5.43 Å². The van der Waals surface area contributed by atoms with Crippen molar-refractivity contribution >= 4 is 34.8 Å². The Balaban J connectivity index is 1.53. The minimum Gasteiger partial charge on any atom is -0.452 e. The summed E-state index contributed by atoms with van der Waals surface area (Å²) in [6.45, 7) is 1.03. The van der Waals surface area contributed by atoms with Gasteiger partial charge >= 0.3 is 5.97 Å². The molecule has 0 aliphatic carbocycles. The highest BCUT2D eigenvalue weighted by atomic mass is 16.6. The number of non-ortho nitro benzene ring substituents is 1. The van der Waals surface area contributed by atoms with Gasteiger partial charge in [0, 0.05) is 36.9 Å². The molecule has 34 heavy (non-hydrogen) atoms. The van der Waals surface area contributed by atoms with Crippen LogP contribution in [0.3, 0.4) is 0 Å². The maximum absolute atomic E-state index is 12.3. The smallest absolute Gasteiger partial charge is 0.338 e. The van der Waals surface area contributed by atoms with Crippen molar-refractivity contribution in [2.45, 2.75) is 0 Å². The number of hydrogen-bond acceptors (Lipinski definition) is 10. The van der Waals surface area contributed by atoms with Gasteiger partial charge in [0.2, 0.25) is 0 Å². The molecule has 0 spiro atoms. The Bertz CT molecular complexity index is 1110. The number of benzene rings is 2. The summed E-state index contributed by atoms with van der Waals surface area (Å²) in [5.74, 6) is -2.58. The van der Waals surface area contributed by atoms with E-state index in [4.69, 9.17) is 9.47 Å². The van der Waals surface area contributed by atoms with Crippen molar-refractivity contribution in [3.63, 3.8) is 0 Å². The lowest BCUT2D eigenvalue weighted by Crippen LogP contribution is -2.43. The van der Waals surface area contributed by atoms with Gasteiger partial charge in [-0.05, 0) is 24.3 Å². The third kappa shape index (κ3) is 6.01. The minimum atomic E-state index is -0.964. The van der Waals surface area contributed by atoms with Gasteiger partial charge in [-0.3, -0.25) is 40.7 Å². The predicted molar refractivity (Wildman–Crippen MR) is 115 cm³/mol. The lowest BCUT2D eigenvalue weighted by Gasteiger charge is -2.28. The number of anilines is 1. The number of esters is 1. The predicted octanol–water partition coefficient (Wildman–Crippen LogP) is 0.958. The number of hydrazine groups is 1. The number of hydrogen-bond donors (Lipinski definition) is 2. The molecular formula is C20H19N5O9. The first-order chi connectivity index (χ1) is 16.3. The number of amides is 2. The average molecular weight is 473 g/mol. The summed E-state index contributed by atoms with van der Waals surface area (Å²) in [4.78, 5) is 58.8. The van der Waals surface area contributed by atoms with Crippen LogP contribution in [0.25, 0.3) is 0 Å². The molecule has 1 aliphatic rings. The van der Waals surface area contributed by atoms with Gasteiger partial charge in [0.1, 0.15) is 5.69 Å². The summed E-state index contributed by atoms with van der Waals surface area (Å²) in [6, 6.07) is 8.52. The molecule has 14 heteroatoms. The molecule has 0 saturated carbocycles. The fourth-order valence-corrected chi connectivity index (χ4v) is 3.05. The normalized spacial score (nSPS) is 13.0. The van der Waals surface area contributed by atoms with Crippen molar-refractivity contribution in [1.82, 2.24) is 10.9 Å². The minimum absolute atomic E-state index is 0.0514. The highest BCUT2D eigenvalue weighted by Crippen LogP contribution is 2.30. The molecule has 1 saturated heterocycles. The van der Waals surface area contributed by atoms with Gasteiger partial charge < -0.3 is 14.4 Å². The van der Waals surface area contributed by atoms with Crippen LogP contribution in [0.1, 0.15) is 20.7 Å². The van der Waals surface area contributed by atoms with Gasteiger partial charge in [-0.2, -0.15) is 0 Å². The number of nitro groups is 2. The van der Waals surface area contributed by atoms with Crippen LogP contribution < -0.4 is 15.8 Å². The molecule has 3 rings (SSSR count). The Labute approximate surface area is 191 Å². The highest BCUT2D eigenvalue weighted by molar-refractivity contribution is 5.96. The van der Waals surface area contributed by atoms with E-state index in [0.717, 1.165) is 18.2 Å². The van der Waals surface area contributed by atoms with Crippen molar-refractivity contribution in [2.75, 3.05) is 37.8 Å². The number of nitro benzene ring substituents is 2. The number of morpholine rings is 1. The van der Waals surface area contributed by atoms with Crippen molar-refractivity contribution < 1.29 is 33.7 Å². The first-order valence-electron chi connectivity index (χ1n) is 9.88. The standard InChI is InChI=1S/C20H19N5O9/c26-18(21-22-19(27)13-1-4-15(5-2-13)24(29)30)12-34-20(28)14-3-6-16(17(11-14)25(31)32)23-7-9-33-10-8-23/h1-6,11H,7-10,12H2,(H,21,26)(H,22,27). The average Bonchev–Trinajstić information content (AvgIpc) is 2.85. The van der Waals surface area contributed by atoms with Crippen LogP contribution in [-0.4, -0.2) is 60.5 Å². The van der Waals surface area contributed by atoms with E-state index in [0.29, 0.717) is 32.0 Å². The molecule has 2 aromatic rings. The fourth-order valence-electron chi connectivity index (χ4n) is 3.05. The lowest BCUT2D eigenvalue weighted by molar-refractivity contribution is -0.384. The van der Waals surface area contributed by atoms with Crippen LogP contribution in [0.4, 0.5) is 17.1 Å². The van der Waals surface area contributed by atoms with Gasteiger partial charge in [-0.25, -0.2) is 4.79 Å². The molecule has 0 radical (unpaired) electrons. The Kier molecular flexibility index (Phi) is 7.66. The molecule has 0 unspecified atom stereocenters. The molecule has 2 aromatic carbocycles. The number of nitrogens with one attached hydrogen (secondary N) is 2. The maximum Gasteiger partial charge on any atom is 0.338 e. The Hall–Kier alpha value is -4.59. The van der Waals surface area contributed by atoms with E-state index in [1.54, 1.807) is 4.90 Å². The molecular weight excluding hydrogens is 454 g/mol. The zero-order valence-corrected chi connectivity index (χ0v) is 17.6. The third-order valence-corrected chi connectivity index (χ3v) is 4.75. The summed E-state index contributed by atoms with van der Waals surface area (Å²) in [7, 11) is 0. The summed E-state index contributed by atoms with van der Waals surface area (Å²) in [6.07, 6.45) is 0. The van der Waals surface area contributed by atoms with Crippen molar-refractivity contribution in [3.8, 4) is 0 Å². The van der Waals surface area contributed by atoms with Crippen molar-refractivity contribution in [3.05, 3.63) is 73.8 Å². The van der Waals surface area contributed by atoms with Crippen LogP contribution in [-0.2, 0) is 14.3 Å². The van der Waals surface area contributed by atoms with Gasteiger partial charge in [0.15, 0.2) is 6.61 Å². The number of ether oxygens (including phenoxy) is 2. The number of nitrogens with zero attached hydrogens (tertiary/aromatic N) is 3. The summed E-state index contributed by atoms with van der Waals surface area (Å²) < 4.78 is 10.1. The van der Waals surface area contributed by atoms with Crippen LogP contribution in [0, 0.1) is 20.2 Å². The van der Waals surface area contributed by atoms with Crippen LogP contribution in [0.2, 0.25) is 0 Å². The summed E-state index contributed by atoms with van der Waals surface area (Å²) >= 11 is 0. The third-order valence-electron chi connectivity index (χ3n) is 4.75. The zero-order valence-electron chi connectivity index (χ0n) is 17.6. The quantitative estimate of drug-likeness (QED) is 0.333. The van der Waals surface area contributed by atoms with Crippen molar-refractivity contribution in [1.29, 1.82) is 0 Å². The summed E-state index contributed by atoms with van der Waals surface area (Å²) in [5.41, 5.74) is 3.90. The topological polar surface area (TPSA) is 183 Å². The van der Waals surface area contributed by atoms with E-state index in [2.05, 4.69) is 5.43 Å². The first-order valence-corrected chi connectivity index (χ1v) is 9.88. The van der Waals surface area contributed by atoms with E-state index in [1.165, 1.54) is 24.3 Å². The van der Waals surface area contributed by atoms with E-state index < -0.39 is 34.2 Å². The second-order valence-electron chi connectivity index (χ2n) is 6.94. The SMILES string of the molecule is O=C(COC(=O)c1ccc(N2CCOCC2)c([N+](=O)[O-])c1)NNC(=O)c1ccc([N+](=O)[O-])cc1. The van der Waals surface area contributed by atoms with E-state index in [-0.39, 0.29) is 22.5 Å². The highest BCUT2D eigenvalue weighted by Gasteiger charge is 2.24. The molecule has 14 nitrogen and oxygen atoms in total. The van der Waals surface area contributed by atoms with E-state index >= 15 is 0 Å². The lowest BCUT2D eigenvalue weighted by atomic mass is 10.1. The van der Waals surface area contributed by atoms with Crippen LogP contribution >= 0.6 is 0 Å². The molecule has 2 N–H and O–H groups in total. The largest absolute Gasteiger partial charge is 0.452 e. The van der Waals surface area contributed by atoms with E-state index in [9.17, 15) is 34.6 Å². The Morgan fingerprint density at radius 2 is 1.59 bits per heavy atom. The molecule has 1 aliphatic heterocycles. The zero-order chi connectivity index (χ0) is 24.7. The Morgan fingerprint density at radius 3 is 2.21 bits per heavy atom. The second-order valence-corrected chi connectivity index (χ2v) is 6.94. The Morgan fingerprint density at radius 1 is 0.941 bits per heavy atom. The molecule has 1 heterocycles. The number of rotatable bonds is 7. The molecule has 0 aromatic heterocycles. The second kappa shape index (κ2) is 10.8. The molecule has 1 fully saturated rings. The molecule has 0 atom stereocenters. The first kappa shape index (κ1) is 24.1. The molecule has 2 amide bonds. The van der Waals surface area contributed by atoms with Crippen LogP contribution in [0.15, 0.2) is 42.5 Å². The van der Waals surface area contributed by atoms with Crippen molar-refractivity contribution in [2.24, 2.45) is 0 Å². The van der Waals surface area contributed by atoms with Gasteiger partial charge in [-0.1, -0.05) is 0 Å². The summed E-state index contributed by atoms with van der Waals surface area (Å²) in [5, 5.41) is 22.1. The number of carbonyl (C=O) groups excluding carboxylic acids is 3. The van der Waals surface area contributed by atoms with Gasteiger partial charge in [0.25, 0.3) is 23.2 Å². The maximum atomic E-state index is 12.3. The number of carbonyl (C=O) groups is 3.